The van der Waals surface area contributed by atoms with Crippen LogP contribution in [0, 0.1) is 0 Å². The van der Waals surface area contributed by atoms with Crippen molar-refractivity contribution in [3.05, 3.63) is 58.7 Å². The zero-order valence-corrected chi connectivity index (χ0v) is 17.6. The molecule has 0 atom stereocenters. The van der Waals surface area contributed by atoms with Gasteiger partial charge in [-0.05, 0) is 18.2 Å². The highest BCUT2D eigenvalue weighted by molar-refractivity contribution is 6.57. The van der Waals surface area contributed by atoms with E-state index >= 15 is 0 Å². The van der Waals surface area contributed by atoms with Crippen molar-refractivity contribution in [3.63, 3.8) is 0 Å². The van der Waals surface area contributed by atoms with Crippen LogP contribution in [0.15, 0.2) is 53.2 Å². The molecule has 2 aromatic rings. The minimum atomic E-state index is -4.44. The van der Waals surface area contributed by atoms with Crippen molar-refractivity contribution >= 4 is 46.4 Å². The van der Waals surface area contributed by atoms with Crippen molar-refractivity contribution in [2.45, 2.75) is 17.1 Å². The number of hydrogen-bond acceptors (Lipinski definition) is 4. The van der Waals surface area contributed by atoms with E-state index < -0.39 is 16.3 Å². The largest absolute Gasteiger partial charge is 0.490 e. The van der Waals surface area contributed by atoms with Gasteiger partial charge >= 0.3 is 6.18 Å². The summed E-state index contributed by atoms with van der Waals surface area (Å²) in [6.07, 6.45) is -2.20. The molecule has 0 radical (unpaired) electrons. The van der Waals surface area contributed by atoms with E-state index in [1.807, 2.05) is 0 Å². The third-order valence-corrected chi connectivity index (χ3v) is 3.82. The monoisotopic (exact) mass is 489 g/mol. The van der Waals surface area contributed by atoms with Crippen molar-refractivity contribution in [3.8, 4) is 17.4 Å². The third kappa shape index (κ3) is 8.38. The standard InChI is InChI=1S/C18H14Cl4F3NO3/c19-15(20)10-17(21,22)29-14-5-2-1-4-13(14)27-8-3-9-28-16-7-6-12(11-26-16)18(23,24)25/h1-2,4-7,10-11H,3,8-9H2. The van der Waals surface area contributed by atoms with Crippen LogP contribution in [0.5, 0.6) is 17.4 Å². The van der Waals surface area contributed by atoms with Crippen LogP contribution < -0.4 is 14.2 Å². The van der Waals surface area contributed by atoms with Crippen molar-refractivity contribution in [2.75, 3.05) is 13.2 Å². The lowest BCUT2D eigenvalue weighted by atomic mass is 10.3. The summed E-state index contributed by atoms with van der Waals surface area (Å²) in [5, 5.41) is 0. The van der Waals surface area contributed by atoms with E-state index in [0.717, 1.165) is 18.2 Å². The van der Waals surface area contributed by atoms with Crippen LogP contribution in [0.2, 0.25) is 0 Å². The second-order valence-electron chi connectivity index (χ2n) is 5.48. The zero-order valence-electron chi connectivity index (χ0n) is 14.6. The molecular weight excluding hydrogens is 477 g/mol. The molecule has 0 unspecified atom stereocenters. The average molecular weight is 491 g/mol. The molecule has 0 bridgehead atoms. The van der Waals surface area contributed by atoms with Crippen LogP contribution in [-0.4, -0.2) is 22.7 Å². The lowest BCUT2D eigenvalue weighted by Crippen LogP contribution is -2.19. The number of halogens is 7. The molecule has 0 N–H and O–H groups in total. The van der Waals surface area contributed by atoms with Crippen LogP contribution >= 0.6 is 46.4 Å². The molecule has 11 heteroatoms. The maximum atomic E-state index is 12.5. The smallest absolute Gasteiger partial charge is 0.417 e. The van der Waals surface area contributed by atoms with Gasteiger partial charge in [-0.25, -0.2) is 4.98 Å². The Balaban J connectivity index is 1.83. The minimum absolute atomic E-state index is 0.0838. The Kier molecular flexibility index (Phi) is 8.58. The summed E-state index contributed by atoms with van der Waals surface area (Å²) in [4.78, 5) is 3.62. The van der Waals surface area contributed by atoms with E-state index in [9.17, 15) is 13.2 Å². The Morgan fingerprint density at radius 3 is 2.21 bits per heavy atom. The maximum Gasteiger partial charge on any atom is 0.417 e. The fraction of sp³-hybridized carbons (Fsp3) is 0.278. The van der Waals surface area contributed by atoms with E-state index in [1.54, 1.807) is 24.3 Å². The molecular formula is C18H14Cl4F3NO3. The molecule has 0 aliphatic heterocycles. The van der Waals surface area contributed by atoms with Crippen molar-refractivity contribution in [1.29, 1.82) is 0 Å². The van der Waals surface area contributed by atoms with Crippen LogP contribution in [-0.2, 0) is 6.18 Å². The number of ether oxygens (including phenoxy) is 3. The number of para-hydroxylation sites is 2. The van der Waals surface area contributed by atoms with Gasteiger partial charge in [-0.1, -0.05) is 58.5 Å². The first-order valence-electron chi connectivity index (χ1n) is 8.05. The maximum absolute atomic E-state index is 12.5. The van der Waals surface area contributed by atoms with E-state index in [-0.39, 0.29) is 29.3 Å². The second-order valence-corrected chi connectivity index (χ2v) is 7.80. The number of nitrogens with zero attached hydrogens (tertiary/aromatic N) is 1. The molecule has 29 heavy (non-hydrogen) atoms. The van der Waals surface area contributed by atoms with Crippen LogP contribution in [0.1, 0.15) is 12.0 Å². The van der Waals surface area contributed by atoms with Crippen molar-refractivity contribution in [2.24, 2.45) is 0 Å². The second kappa shape index (κ2) is 10.5. The lowest BCUT2D eigenvalue weighted by Gasteiger charge is -2.20. The first kappa shape index (κ1) is 23.7. The summed E-state index contributed by atoms with van der Waals surface area (Å²) in [5.41, 5.74) is -0.843. The zero-order chi connectivity index (χ0) is 21.5. The molecule has 1 heterocycles. The van der Waals surface area contributed by atoms with Gasteiger partial charge in [-0.2, -0.15) is 13.2 Å². The summed E-state index contributed by atoms with van der Waals surface area (Å²) in [6.45, 7) is 0.408. The molecule has 158 valence electrons. The number of alkyl halides is 5. The Bertz CT molecular complexity index is 826. The Morgan fingerprint density at radius 1 is 0.966 bits per heavy atom. The molecule has 2 rings (SSSR count). The molecule has 0 saturated heterocycles. The highest BCUT2D eigenvalue weighted by Gasteiger charge is 2.30. The molecule has 1 aromatic heterocycles. The average Bonchev–Trinajstić information content (AvgIpc) is 2.61. The van der Waals surface area contributed by atoms with Crippen LogP contribution in [0.25, 0.3) is 0 Å². The van der Waals surface area contributed by atoms with Gasteiger partial charge in [0.2, 0.25) is 5.88 Å². The summed E-state index contributed by atoms with van der Waals surface area (Å²) < 4.78 is 51.9. The van der Waals surface area contributed by atoms with Gasteiger partial charge in [-0.15, -0.1) is 0 Å². The van der Waals surface area contributed by atoms with Gasteiger partial charge in [0.15, 0.2) is 11.5 Å². The Labute approximate surface area is 185 Å². The number of aromatic nitrogens is 1. The molecule has 4 nitrogen and oxygen atoms in total. The minimum Gasteiger partial charge on any atom is -0.490 e. The van der Waals surface area contributed by atoms with Gasteiger partial charge in [0.05, 0.1) is 18.8 Å². The molecule has 0 saturated carbocycles. The van der Waals surface area contributed by atoms with Gasteiger partial charge < -0.3 is 14.2 Å². The van der Waals surface area contributed by atoms with Gasteiger partial charge in [0, 0.05) is 24.8 Å². The fourth-order valence-corrected chi connectivity index (χ4v) is 2.92. The first-order chi connectivity index (χ1) is 13.6. The Hall–Kier alpha value is -1.54. The predicted octanol–water partition coefficient (Wildman–Crippen LogP) is 6.78. The number of rotatable bonds is 9. The van der Waals surface area contributed by atoms with Crippen molar-refractivity contribution in [1.82, 2.24) is 4.98 Å². The van der Waals surface area contributed by atoms with Crippen molar-refractivity contribution < 1.29 is 27.4 Å². The molecule has 1 aromatic carbocycles. The summed E-state index contributed by atoms with van der Waals surface area (Å²) in [6, 6.07) is 8.70. The first-order valence-corrected chi connectivity index (χ1v) is 9.56. The lowest BCUT2D eigenvalue weighted by molar-refractivity contribution is -0.137. The molecule has 0 aliphatic rings. The van der Waals surface area contributed by atoms with E-state index in [2.05, 4.69) is 4.98 Å². The molecule has 0 aliphatic carbocycles. The third-order valence-electron chi connectivity index (χ3n) is 3.23. The van der Waals surface area contributed by atoms with Crippen LogP contribution in [0.3, 0.4) is 0 Å². The fourth-order valence-electron chi connectivity index (χ4n) is 2.01. The summed E-state index contributed by atoms with van der Waals surface area (Å²) >= 11 is 23.0. The highest BCUT2D eigenvalue weighted by atomic mass is 35.5. The van der Waals surface area contributed by atoms with E-state index in [0.29, 0.717) is 18.4 Å². The summed E-state index contributed by atoms with van der Waals surface area (Å²) in [7, 11) is 0. The quantitative estimate of drug-likeness (QED) is 0.287. The van der Waals surface area contributed by atoms with Gasteiger partial charge in [0.1, 0.15) is 4.49 Å². The van der Waals surface area contributed by atoms with E-state index in [1.165, 1.54) is 0 Å². The SMILES string of the molecule is FC(F)(F)c1ccc(OCCCOc2ccccc2OC(Cl)(Cl)C=C(Cl)Cl)nc1. The van der Waals surface area contributed by atoms with Gasteiger partial charge in [-0.3, -0.25) is 0 Å². The molecule has 0 fully saturated rings. The topological polar surface area (TPSA) is 40.6 Å². The van der Waals surface area contributed by atoms with Crippen LogP contribution in [0.4, 0.5) is 13.2 Å². The number of hydrogen-bond donors (Lipinski definition) is 0. The highest BCUT2D eigenvalue weighted by Crippen LogP contribution is 2.35. The molecule has 0 amide bonds. The van der Waals surface area contributed by atoms with Gasteiger partial charge in [0.25, 0.3) is 4.52 Å². The predicted molar refractivity (Wildman–Crippen MR) is 106 cm³/mol. The number of benzene rings is 1. The normalized spacial score (nSPS) is 11.7. The van der Waals surface area contributed by atoms with E-state index in [4.69, 9.17) is 60.6 Å². The molecule has 0 spiro atoms. The number of pyridine rings is 1. The summed E-state index contributed by atoms with van der Waals surface area (Å²) in [5.74, 6) is 0.708. The Morgan fingerprint density at radius 2 is 1.62 bits per heavy atom.